The van der Waals surface area contributed by atoms with Crippen molar-refractivity contribution in [1.29, 1.82) is 5.41 Å². The number of benzene rings is 2. The Morgan fingerprint density at radius 3 is 2.52 bits per heavy atom. The maximum atomic E-state index is 8.91. The number of aromatic hydroxyl groups is 1. The maximum Gasteiger partial charge on any atom is 0.150 e. The first-order valence-corrected chi connectivity index (χ1v) is 10.6. The number of rotatable bonds is 4. The van der Waals surface area contributed by atoms with Crippen LogP contribution in [0.25, 0.3) is 0 Å². The molecule has 0 aliphatic carbocycles. The molecule has 8 heteroatoms. The minimum absolute atomic E-state index is 0.0201. The minimum atomic E-state index is -0.0316. The van der Waals surface area contributed by atoms with Crippen molar-refractivity contribution in [2.45, 2.75) is 24.7 Å². The van der Waals surface area contributed by atoms with Crippen LogP contribution in [0.1, 0.15) is 12.0 Å². The lowest BCUT2D eigenvalue weighted by molar-refractivity contribution is 0.0308. The zero-order valence-electron chi connectivity index (χ0n) is 17.4. The highest BCUT2D eigenvalue weighted by Gasteiger charge is 2.43. The summed E-state index contributed by atoms with van der Waals surface area (Å²) in [5.74, 6) is 0.986. The van der Waals surface area contributed by atoms with E-state index in [4.69, 9.17) is 35.2 Å². The van der Waals surface area contributed by atoms with Crippen LogP contribution in [0.4, 0.5) is 5.69 Å². The molecule has 8 nitrogen and oxygen atoms in total. The van der Waals surface area contributed by atoms with Crippen LogP contribution >= 0.6 is 0 Å². The molecule has 0 amide bonds. The molecule has 3 saturated heterocycles. The van der Waals surface area contributed by atoms with Crippen LogP contribution in [0.2, 0.25) is 0 Å². The van der Waals surface area contributed by atoms with Crippen LogP contribution in [-0.2, 0) is 14.2 Å². The molecule has 2 aromatic carbocycles. The number of fused-ring (bicyclic) bond motifs is 1. The average molecular weight is 428 g/mol. The SMILES string of the molecule is N=C(N)c1cccc(O)c1.c1cc(N2CCOCC2)ccc1OC1COC2CCOC21. The van der Waals surface area contributed by atoms with E-state index in [-0.39, 0.29) is 29.9 Å². The van der Waals surface area contributed by atoms with Crippen LogP contribution < -0.4 is 15.4 Å². The summed E-state index contributed by atoms with van der Waals surface area (Å²) < 4.78 is 22.8. The van der Waals surface area contributed by atoms with Gasteiger partial charge >= 0.3 is 0 Å². The fourth-order valence-electron chi connectivity index (χ4n) is 3.94. The van der Waals surface area contributed by atoms with Gasteiger partial charge in [0.05, 0.1) is 25.9 Å². The third-order valence-corrected chi connectivity index (χ3v) is 5.58. The number of hydrogen-bond donors (Lipinski definition) is 3. The van der Waals surface area contributed by atoms with E-state index in [1.807, 2.05) is 12.1 Å². The van der Waals surface area contributed by atoms with Gasteiger partial charge in [-0.1, -0.05) is 12.1 Å². The number of nitrogens with one attached hydrogen (secondary N) is 1. The summed E-state index contributed by atoms with van der Waals surface area (Å²) in [4.78, 5) is 2.34. The number of phenolic OH excluding ortho intramolecular Hbond substituents is 1. The van der Waals surface area contributed by atoms with Crippen molar-refractivity contribution in [2.75, 3.05) is 44.4 Å². The second-order valence-electron chi connectivity index (χ2n) is 7.71. The summed E-state index contributed by atoms with van der Waals surface area (Å²) >= 11 is 0. The van der Waals surface area contributed by atoms with E-state index in [1.165, 1.54) is 17.8 Å². The molecule has 0 bridgehead atoms. The summed E-state index contributed by atoms with van der Waals surface area (Å²) in [6.45, 7) is 4.92. The predicted molar refractivity (Wildman–Crippen MR) is 117 cm³/mol. The molecule has 3 fully saturated rings. The largest absolute Gasteiger partial charge is 0.508 e. The molecule has 0 saturated carbocycles. The van der Waals surface area contributed by atoms with E-state index in [0.717, 1.165) is 45.1 Å². The Bertz CT molecular complexity index is 870. The Labute approximate surface area is 182 Å². The van der Waals surface area contributed by atoms with Gasteiger partial charge in [0.25, 0.3) is 0 Å². The molecule has 3 aliphatic heterocycles. The van der Waals surface area contributed by atoms with Gasteiger partial charge in [0.1, 0.15) is 23.4 Å². The van der Waals surface area contributed by atoms with Crippen molar-refractivity contribution in [1.82, 2.24) is 0 Å². The first-order valence-electron chi connectivity index (χ1n) is 10.6. The molecule has 0 radical (unpaired) electrons. The average Bonchev–Trinajstić information content (AvgIpc) is 3.41. The summed E-state index contributed by atoms with van der Waals surface area (Å²) in [7, 11) is 0. The second-order valence-corrected chi connectivity index (χ2v) is 7.71. The van der Waals surface area contributed by atoms with E-state index >= 15 is 0 Å². The number of nitrogen functional groups attached to an aromatic ring is 1. The highest BCUT2D eigenvalue weighted by Crippen LogP contribution is 2.30. The lowest BCUT2D eigenvalue weighted by Crippen LogP contribution is -2.36. The summed E-state index contributed by atoms with van der Waals surface area (Å²) in [6.07, 6.45) is 1.33. The molecule has 2 aromatic rings. The Kier molecular flexibility index (Phi) is 6.91. The Morgan fingerprint density at radius 2 is 1.84 bits per heavy atom. The van der Waals surface area contributed by atoms with Crippen LogP contribution in [0.5, 0.6) is 11.5 Å². The predicted octanol–water partition coefficient (Wildman–Crippen LogP) is 2.13. The molecule has 0 spiro atoms. The van der Waals surface area contributed by atoms with E-state index in [2.05, 4.69) is 17.0 Å². The Hall–Kier alpha value is -2.81. The lowest BCUT2D eigenvalue weighted by atomic mass is 10.1. The number of amidine groups is 1. The van der Waals surface area contributed by atoms with Crippen LogP contribution in [-0.4, -0.2) is 68.8 Å². The zero-order valence-corrected chi connectivity index (χ0v) is 17.4. The molecule has 3 atom stereocenters. The number of nitrogens with two attached hydrogens (primary N) is 1. The quantitative estimate of drug-likeness (QED) is 0.506. The molecule has 5 rings (SSSR count). The third-order valence-electron chi connectivity index (χ3n) is 5.58. The number of morpholine rings is 1. The monoisotopic (exact) mass is 427 g/mol. The topological polar surface area (TPSA) is 110 Å². The van der Waals surface area contributed by atoms with Gasteiger partial charge in [-0.25, -0.2) is 0 Å². The van der Waals surface area contributed by atoms with Crippen molar-refractivity contribution in [3.05, 3.63) is 54.1 Å². The van der Waals surface area contributed by atoms with Crippen molar-refractivity contribution < 1.29 is 24.1 Å². The first-order chi connectivity index (χ1) is 15.1. The molecular formula is C23H29N3O5. The number of nitrogens with zero attached hydrogens (tertiary/aromatic N) is 1. The van der Waals surface area contributed by atoms with Crippen LogP contribution in [0.3, 0.4) is 0 Å². The highest BCUT2D eigenvalue weighted by molar-refractivity contribution is 5.95. The van der Waals surface area contributed by atoms with E-state index < -0.39 is 0 Å². The van der Waals surface area contributed by atoms with Gasteiger partial charge in [0.15, 0.2) is 6.10 Å². The van der Waals surface area contributed by atoms with Gasteiger partial charge in [0.2, 0.25) is 0 Å². The molecule has 0 aromatic heterocycles. The van der Waals surface area contributed by atoms with Crippen molar-refractivity contribution in [3.63, 3.8) is 0 Å². The number of phenols is 1. The fourth-order valence-corrected chi connectivity index (χ4v) is 3.94. The molecule has 31 heavy (non-hydrogen) atoms. The number of anilines is 1. The van der Waals surface area contributed by atoms with E-state index in [1.54, 1.807) is 12.1 Å². The number of ether oxygens (including phenoxy) is 4. The Balaban J connectivity index is 0.000000196. The summed E-state index contributed by atoms with van der Waals surface area (Å²) in [5, 5.41) is 15.9. The molecule has 3 unspecified atom stereocenters. The van der Waals surface area contributed by atoms with Crippen LogP contribution in [0.15, 0.2) is 48.5 Å². The molecule has 3 heterocycles. The number of hydrogen-bond acceptors (Lipinski definition) is 7. The Morgan fingerprint density at radius 1 is 1.06 bits per heavy atom. The maximum absolute atomic E-state index is 8.91. The van der Waals surface area contributed by atoms with Crippen molar-refractivity contribution in [2.24, 2.45) is 5.73 Å². The van der Waals surface area contributed by atoms with Gasteiger partial charge < -0.3 is 34.7 Å². The summed E-state index contributed by atoms with van der Waals surface area (Å²) in [5.41, 5.74) is 6.92. The first kappa shape index (κ1) is 21.4. The normalized spacial score (nSPS) is 24.8. The minimum Gasteiger partial charge on any atom is -0.508 e. The van der Waals surface area contributed by atoms with Gasteiger partial charge in [-0.15, -0.1) is 0 Å². The second kappa shape index (κ2) is 10.00. The van der Waals surface area contributed by atoms with E-state index in [0.29, 0.717) is 12.2 Å². The van der Waals surface area contributed by atoms with Gasteiger partial charge in [-0.3, -0.25) is 5.41 Å². The molecule has 3 aliphatic rings. The molecule has 166 valence electrons. The molecule has 4 N–H and O–H groups in total. The van der Waals surface area contributed by atoms with Gasteiger partial charge in [-0.2, -0.15) is 0 Å². The van der Waals surface area contributed by atoms with Gasteiger partial charge in [0, 0.05) is 30.9 Å². The standard InChI is InChI=1S/C16H21NO4.C7H8N2O/c1-3-13(4-2-12(1)17-6-9-18-10-7-17)21-15-11-20-14-5-8-19-16(14)15;8-7(9)5-2-1-3-6(10)4-5/h1-4,14-16H,5-11H2;1-4,10H,(H3,8,9). The zero-order chi connectivity index (χ0) is 21.6. The van der Waals surface area contributed by atoms with Gasteiger partial charge in [-0.05, 0) is 42.8 Å². The lowest BCUT2D eigenvalue weighted by Gasteiger charge is -2.29. The highest BCUT2D eigenvalue weighted by atomic mass is 16.6. The smallest absolute Gasteiger partial charge is 0.150 e. The van der Waals surface area contributed by atoms with E-state index in [9.17, 15) is 0 Å². The van der Waals surface area contributed by atoms with Crippen molar-refractivity contribution in [3.8, 4) is 11.5 Å². The fraction of sp³-hybridized carbons (Fsp3) is 0.435. The van der Waals surface area contributed by atoms with Crippen molar-refractivity contribution >= 4 is 11.5 Å². The third kappa shape index (κ3) is 5.46. The summed E-state index contributed by atoms with van der Waals surface area (Å²) in [6, 6.07) is 14.6. The molecular weight excluding hydrogens is 398 g/mol. The van der Waals surface area contributed by atoms with Crippen LogP contribution in [0, 0.1) is 5.41 Å².